The van der Waals surface area contributed by atoms with Gasteiger partial charge in [-0.2, -0.15) is 0 Å². The van der Waals surface area contributed by atoms with E-state index in [0.717, 1.165) is 17.8 Å². The molecule has 1 aromatic carbocycles. The van der Waals surface area contributed by atoms with Crippen molar-refractivity contribution in [1.82, 2.24) is 0 Å². The number of benzene rings is 1. The Bertz CT molecular complexity index is 382. The molecule has 2 rings (SSSR count). The van der Waals surface area contributed by atoms with Crippen LogP contribution in [0.4, 0.5) is 5.69 Å². The molecule has 13 heavy (non-hydrogen) atoms. The number of nitrogens with zero attached hydrogens (tertiary/aromatic N) is 1. The highest BCUT2D eigenvalue weighted by Gasteiger charge is 2.14. The first-order valence-corrected chi connectivity index (χ1v) is 4.18. The lowest BCUT2D eigenvalue weighted by Crippen LogP contribution is -2.16. The predicted molar refractivity (Wildman–Crippen MR) is 51.1 cm³/mol. The zero-order chi connectivity index (χ0) is 9.26. The summed E-state index contributed by atoms with van der Waals surface area (Å²) in [7, 11) is 0. The zero-order valence-corrected chi connectivity index (χ0v) is 7.16. The third kappa shape index (κ3) is 1.59. The van der Waals surface area contributed by atoms with E-state index in [4.69, 9.17) is 5.73 Å². The number of nitrogens with two attached hydrogens (primary N) is 1. The lowest BCUT2D eigenvalue weighted by Gasteiger charge is -1.93. The van der Waals surface area contributed by atoms with Crippen LogP contribution in [-0.4, -0.2) is 11.6 Å². The maximum absolute atomic E-state index is 10.6. The molecule has 0 atom stereocenters. The number of carbonyl (C=O) groups excluding carboxylic acids is 1. The van der Waals surface area contributed by atoms with Gasteiger partial charge in [-0.05, 0) is 11.6 Å². The monoisotopic (exact) mass is 174 g/mol. The van der Waals surface area contributed by atoms with E-state index in [1.54, 1.807) is 0 Å². The molecule has 1 aromatic rings. The number of para-hydroxylation sites is 1. The molecule has 1 amide bonds. The maximum Gasteiger partial charge on any atom is 0.223 e. The molecular weight excluding hydrogens is 164 g/mol. The second-order valence-corrected chi connectivity index (χ2v) is 3.13. The molecule has 0 bridgehead atoms. The number of fused-ring (bicyclic) bond motifs is 1. The van der Waals surface area contributed by atoms with E-state index in [-0.39, 0.29) is 12.3 Å². The highest BCUT2D eigenvalue weighted by atomic mass is 16.1. The summed E-state index contributed by atoms with van der Waals surface area (Å²) >= 11 is 0. The summed E-state index contributed by atoms with van der Waals surface area (Å²) in [6.45, 7) is 0. The minimum atomic E-state index is -0.313. The van der Waals surface area contributed by atoms with Crippen LogP contribution in [0.15, 0.2) is 29.3 Å². The molecule has 0 aliphatic carbocycles. The van der Waals surface area contributed by atoms with Crippen LogP contribution in [0, 0.1) is 0 Å². The Morgan fingerprint density at radius 2 is 2.23 bits per heavy atom. The Morgan fingerprint density at radius 1 is 1.46 bits per heavy atom. The molecule has 66 valence electrons. The fourth-order valence-electron chi connectivity index (χ4n) is 1.50. The Balaban J connectivity index is 2.21. The van der Waals surface area contributed by atoms with Crippen LogP contribution in [0.3, 0.4) is 0 Å². The average Bonchev–Trinajstić information content (AvgIpc) is 2.44. The van der Waals surface area contributed by atoms with Gasteiger partial charge in [-0.3, -0.25) is 9.79 Å². The van der Waals surface area contributed by atoms with Crippen molar-refractivity contribution in [2.75, 3.05) is 0 Å². The molecule has 1 aliphatic heterocycles. The molecule has 1 heterocycles. The van der Waals surface area contributed by atoms with Crippen molar-refractivity contribution in [2.45, 2.75) is 12.8 Å². The van der Waals surface area contributed by atoms with E-state index in [0.29, 0.717) is 0 Å². The van der Waals surface area contributed by atoms with E-state index in [1.165, 1.54) is 5.56 Å². The van der Waals surface area contributed by atoms with Crippen LogP contribution in [0.2, 0.25) is 0 Å². The molecule has 3 nitrogen and oxygen atoms in total. The van der Waals surface area contributed by atoms with Crippen molar-refractivity contribution in [3.8, 4) is 0 Å². The van der Waals surface area contributed by atoms with E-state index >= 15 is 0 Å². The highest BCUT2D eigenvalue weighted by molar-refractivity contribution is 6.04. The highest BCUT2D eigenvalue weighted by Crippen LogP contribution is 2.26. The number of rotatable bonds is 2. The van der Waals surface area contributed by atoms with Gasteiger partial charge in [-0.25, -0.2) is 0 Å². The Hall–Kier alpha value is -1.64. The maximum atomic E-state index is 10.6. The third-order valence-corrected chi connectivity index (χ3v) is 2.04. The van der Waals surface area contributed by atoms with Crippen LogP contribution in [0.1, 0.15) is 12.0 Å². The predicted octanol–water partition coefficient (Wildman–Crippen LogP) is 1.19. The first-order valence-electron chi connectivity index (χ1n) is 4.18. The van der Waals surface area contributed by atoms with Gasteiger partial charge in [0.15, 0.2) is 0 Å². The minimum absolute atomic E-state index is 0.272. The first kappa shape index (κ1) is 7.98. The first-order chi connectivity index (χ1) is 6.25. The van der Waals surface area contributed by atoms with Crippen LogP contribution in [0.5, 0.6) is 0 Å². The van der Waals surface area contributed by atoms with Crippen molar-refractivity contribution in [2.24, 2.45) is 10.7 Å². The summed E-state index contributed by atoms with van der Waals surface area (Å²) in [6.07, 6.45) is 1.04. The van der Waals surface area contributed by atoms with Gasteiger partial charge in [0.05, 0.1) is 12.1 Å². The number of primary amides is 1. The smallest absolute Gasteiger partial charge is 0.223 e. The SMILES string of the molecule is NC(=O)CC1=Nc2ccccc2C1. The van der Waals surface area contributed by atoms with Gasteiger partial charge in [0, 0.05) is 12.1 Å². The summed E-state index contributed by atoms with van der Waals surface area (Å²) in [4.78, 5) is 15.0. The fourth-order valence-corrected chi connectivity index (χ4v) is 1.50. The Labute approximate surface area is 76.3 Å². The summed E-state index contributed by atoms with van der Waals surface area (Å²) in [5, 5.41) is 0. The average molecular weight is 174 g/mol. The largest absolute Gasteiger partial charge is 0.369 e. The number of hydrogen-bond donors (Lipinski definition) is 1. The molecular formula is C10H10N2O. The van der Waals surface area contributed by atoms with Crippen molar-refractivity contribution < 1.29 is 4.79 Å². The van der Waals surface area contributed by atoms with E-state index in [2.05, 4.69) is 4.99 Å². The van der Waals surface area contributed by atoms with Gasteiger partial charge < -0.3 is 5.73 Å². The number of hydrogen-bond acceptors (Lipinski definition) is 2. The fraction of sp³-hybridized carbons (Fsp3) is 0.200. The van der Waals surface area contributed by atoms with Crippen molar-refractivity contribution >= 4 is 17.3 Å². The van der Waals surface area contributed by atoms with E-state index in [9.17, 15) is 4.79 Å². The molecule has 0 spiro atoms. The lowest BCUT2D eigenvalue weighted by atomic mass is 10.1. The van der Waals surface area contributed by atoms with Crippen LogP contribution < -0.4 is 5.73 Å². The second-order valence-electron chi connectivity index (χ2n) is 3.13. The molecule has 1 aliphatic rings. The normalized spacial score (nSPS) is 13.7. The Morgan fingerprint density at radius 3 is 2.92 bits per heavy atom. The summed E-state index contributed by atoms with van der Waals surface area (Å²) in [5.74, 6) is -0.313. The van der Waals surface area contributed by atoms with Crippen LogP contribution >= 0.6 is 0 Å². The van der Waals surface area contributed by atoms with Crippen molar-refractivity contribution in [3.05, 3.63) is 29.8 Å². The van der Waals surface area contributed by atoms with Crippen molar-refractivity contribution in [1.29, 1.82) is 0 Å². The molecule has 0 fully saturated rings. The summed E-state index contributed by atoms with van der Waals surface area (Å²) in [5.41, 5.74) is 8.11. The molecule has 0 saturated heterocycles. The second kappa shape index (κ2) is 3.01. The number of amides is 1. The molecule has 0 unspecified atom stereocenters. The van der Waals surface area contributed by atoms with E-state index in [1.807, 2.05) is 24.3 Å². The molecule has 2 N–H and O–H groups in total. The van der Waals surface area contributed by atoms with Crippen LogP contribution in [-0.2, 0) is 11.2 Å². The van der Waals surface area contributed by atoms with Gasteiger partial charge in [0.2, 0.25) is 5.91 Å². The summed E-state index contributed by atoms with van der Waals surface area (Å²) in [6, 6.07) is 7.88. The third-order valence-electron chi connectivity index (χ3n) is 2.04. The lowest BCUT2D eigenvalue weighted by molar-refractivity contribution is -0.116. The van der Waals surface area contributed by atoms with Crippen LogP contribution in [0.25, 0.3) is 0 Å². The quantitative estimate of drug-likeness (QED) is 0.719. The number of carbonyl (C=O) groups is 1. The zero-order valence-electron chi connectivity index (χ0n) is 7.16. The van der Waals surface area contributed by atoms with Gasteiger partial charge in [-0.15, -0.1) is 0 Å². The van der Waals surface area contributed by atoms with Crippen molar-refractivity contribution in [3.63, 3.8) is 0 Å². The number of aliphatic imine (C=N–C) groups is 1. The molecule has 0 radical (unpaired) electrons. The van der Waals surface area contributed by atoms with Gasteiger partial charge >= 0.3 is 0 Å². The molecule has 0 aromatic heterocycles. The molecule has 3 heteroatoms. The molecule has 0 saturated carbocycles. The van der Waals surface area contributed by atoms with Gasteiger partial charge in [0.1, 0.15) is 0 Å². The van der Waals surface area contributed by atoms with E-state index < -0.39 is 0 Å². The topological polar surface area (TPSA) is 55.5 Å². The van der Waals surface area contributed by atoms with Gasteiger partial charge in [-0.1, -0.05) is 18.2 Å². The van der Waals surface area contributed by atoms with Gasteiger partial charge in [0.25, 0.3) is 0 Å². The minimum Gasteiger partial charge on any atom is -0.369 e. The summed E-state index contributed by atoms with van der Waals surface area (Å²) < 4.78 is 0. The Kier molecular flexibility index (Phi) is 1.85. The standard InChI is InChI=1S/C10H10N2O/c11-10(13)6-8-5-7-3-1-2-4-9(7)12-8/h1-4H,5-6H2,(H2,11,13).